The molecule has 0 spiro atoms. The lowest BCUT2D eigenvalue weighted by Crippen LogP contribution is -2.36. The van der Waals surface area contributed by atoms with Gasteiger partial charge in [-0.2, -0.15) is 0 Å². The second kappa shape index (κ2) is 5.73. The minimum atomic E-state index is -0.204. The molecular formula is C19H28O2. The maximum atomic E-state index is 10.3. The fraction of sp³-hybridized carbons (Fsp3) is 0.684. The van der Waals surface area contributed by atoms with Crippen LogP contribution in [0.2, 0.25) is 0 Å². The summed E-state index contributed by atoms with van der Waals surface area (Å²) in [6.07, 6.45) is 12.2. The molecule has 2 N–H and O–H groups in total. The summed E-state index contributed by atoms with van der Waals surface area (Å²) in [6.45, 7) is 6.40. The van der Waals surface area contributed by atoms with E-state index in [9.17, 15) is 10.2 Å². The highest BCUT2D eigenvalue weighted by Gasteiger charge is 2.48. The number of aliphatic hydroxyl groups is 2. The average Bonchev–Trinajstić information content (AvgIpc) is 2.76. The van der Waals surface area contributed by atoms with Crippen molar-refractivity contribution in [1.82, 2.24) is 0 Å². The maximum absolute atomic E-state index is 10.3. The van der Waals surface area contributed by atoms with Crippen LogP contribution in [0.1, 0.15) is 58.3 Å². The van der Waals surface area contributed by atoms with Crippen LogP contribution in [0, 0.1) is 11.3 Å². The highest BCUT2D eigenvalue weighted by atomic mass is 16.3. The normalized spacial score (nSPS) is 44.3. The third-order valence-electron chi connectivity index (χ3n) is 6.10. The standard InChI is InChI=1S/C19H28O2/c1-13-5-8-16(20)12-15(13)7-6-14-4-3-11-19(2)17(14)9-10-18(19)21/h6-7,16-18,20-21H,1,3-5,8-12H2,2H3/b14-6+,15-7-/t16-,17-,18+,19-/m0/s1. The SMILES string of the molecule is C=C1CC[C@H](O)C/C1=C/C=C1\CCC[C@]2(C)[C@H](O)CC[C@@H]12. The number of aliphatic hydroxyl groups excluding tert-OH is 2. The molecule has 3 rings (SSSR count). The molecule has 0 amide bonds. The fourth-order valence-corrected chi connectivity index (χ4v) is 4.61. The summed E-state index contributed by atoms with van der Waals surface area (Å²) in [6, 6.07) is 0. The first-order chi connectivity index (χ1) is 10.0. The molecule has 0 aromatic heterocycles. The maximum Gasteiger partial charge on any atom is 0.0599 e. The Bertz CT molecular complexity index is 488. The van der Waals surface area contributed by atoms with Gasteiger partial charge in [-0.3, -0.25) is 0 Å². The number of rotatable bonds is 1. The summed E-state index contributed by atoms with van der Waals surface area (Å²) in [4.78, 5) is 0. The minimum absolute atomic E-state index is 0.0890. The second-order valence-electron chi connectivity index (χ2n) is 7.44. The molecule has 3 aliphatic carbocycles. The predicted octanol–water partition coefficient (Wildman–Crippen LogP) is 3.90. The molecule has 3 fully saturated rings. The lowest BCUT2D eigenvalue weighted by molar-refractivity contribution is 0.0301. The lowest BCUT2D eigenvalue weighted by atomic mass is 9.66. The summed E-state index contributed by atoms with van der Waals surface area (Å²) >= 11 is 0. The minimum Gasteiger partial charge on any atom is -0.393 e. The van der Waals surface area contributed by atoms with Crippen LogP contribution in [0.15, 0.2) is 35.5 Å². The van der Waals surface area contributed by atoms with Crippen LogP contribution in [0.4, 0.5) is 0 Å². The van der Waals surface area contributed by atoms with E-state index in [1.165, 1.54) is 23.1 Å². The fourth-order valence-electron chi connectivity index (χ4n) is 4.61. The molecule has 3 saturated carbocycles. The van der Waals surface area contributed by atoms with E-state index in [0.29, 0.717) is 5.92 Å². The van der Waals surface area contributed by atoms with Gasteiger partial charge in [-0.25, -0.2) is 0 Å². The van der Waals surface area contributed by atoms with Gasteiger partial charge in [-0.05, 0) is 62.9 Å². The van der Waals surface area contributed by atoms with Crippen molar-refractivity contribution in [3.63, 3.8) is 0 Å². The number of hydrogen-bond acceptors (Lipinski definition) is 2. The zero-order valence-electron chi connectivity index (χ0n) is 13.1. The molecular weight excluding hydrogens is 260 g/mol. The summed E-state index contributed by atoms with van der Waals surface area (Å²) in [5, 5.41) is 20.1. The quantitative estimate of drug-likeness (QED) is 0.768. The molecule has 2 heteroatoms. The van der Waals surface area contributed by atoms with Crippen LogP contribution in [0.5, 0.6) is 0 Å². The van der Waals surface area contributed by atoms with Gasteiger partial charge in [0.15, 0.2) is 0 Å². The van der Waals surface area contributed by atoms with E-state index < -0.39 is 0 Å². The zero-order chi connectivity index (χ0) is 15.0. The Morgan fingerprint density at radius 3 is 2.76 bits per heavy atom. The van der Waals surface area contributed by atoms with Gasteiger partial charge >= 0.3 is 0 Å². The summed E-state index contributed by atoms with van der Waals surface area (Å²) in [5.41, 5.74) is 3.99. The Labute approximate surface area is 128 Å². The van der Waals surface area contributed by atoms with Gasteiger partial charge in [0.1, 0.15) is 0 Å². The molecule has 0 saturated heterocycles. The molecule has 4 atom stereocenters. The van der Waals surface area contributed by atoms with Gasteiger partial charge in [0.05, 0.1) is 12.2 Å². The Balaban J connectivity index is 1.81. The monoisotopic (exact) mass is 288 g/mol. The largest absolute Gasteiger partial charge is 0.393 e. The van der Waals surface area contributed by atoms with E-state index >= 15 is 0 Å². The molecule has 2 nitrogen and oxygen atoms in total. The smallest absolute Gasteiger partial charge is 0.0599 e. The van der Waals surface area contributed by atoms with Crippen LogP contribution < -0.4 is 0 Å². The van der Waals surface area contributed by atoms with Crippen LogP contribution in [0.3, 0.4) is 0 Å². The van der Waals surface area contributed by atoms with E-state index in [0.717, 1.165) is 44.9 Å². The van der Waals surface area contributed by atoms with Gasteiger partial charge in [0.25, 0.3) is 0 Å². The summed E-state index contributed by atoms with van der Waals surface area (Å²) < 4.78 is 0. The molecule has 0 unspecified atom stereocenters. The summed E-state index contributed by atoms with van der Waals surface area (Å²) in [5.74, 6) is 0.542. The van der Waals surface area contributed by atoms with E-state index in [1.54, 1.807) is 0 Å². The second-order valence-corrected chi connectivity index (χ2v) is 7.44. The van der Waals surface area contributed by atoms with Crippen molar-refractivity contribution in [2.45, 2.75) is 70.5 Å². The summed E-state index contributed by atoms with van der Waals surface area (Å²) in [7, 11) is 0. The molecule has 0 bridgehead atoms. The third kappa shape index (κ3) is 2.76. The molecule has 0 heterocycles. The van der Waals surface area contributed by atoms with Crippen molar-refractivity contribution in [3.8, 4) is 0 Å². The van der Waals surface area contributed by atoms with Crippen molar-refractivity contribution in [2.75, 3.05) is 0 Å². The molecule has 0 radical (unpaired) electrons. The number of fused-ring (bicyclic) bond motifs is 1. The highest BCUT2D eigenvalue weighted by Crippen LogP contribution is 2.54. The first-order valence-corrected chi connectivity index (χ1v) is 8.44. The zero-order valence-corrected chi connectivity index (χ0v) is 13.1. The Morgan fingerprint density at radius 1 is 1.14 bits per heavy atom. The van der Waals surface area contributed by atoms with Crippen LogP contribution in [0.25, 0.3) is 0 Å². The van der Waals surface area contributed by atoms with Crippen molar-refractivity contribution < 1.29 is 10.2 Å². The number of hydrogen-bond donors (Lipinski definition) is 2. The van der Waals surface area contributed by atoms with Gasteiger partial charge in [-0.1, -0.05) is 36.8 Å². The topological polar surface area (TPSA) is 40.5 Å². The van der Waals surface area contributed by atoms with E-state index in [1.807, 2.05) is 0 Å². The van der Waals surface area contributed by atoms with E-state index in [-0.39, 0.29) is 17.6 Å². The Hall–Kier alpha value is -0.860. The third-order valence-corrected chi connectivity index (χ3v) is 6.10. The molecule has 0 aliphatic heterocycles. The molecule has 0 aromatic rings. The highest BCUT2D eigenvalue weighted by molar-refractivity contribution is 5.36. The molecule has 21 heavy (non-hydrogen) atoms. The Kier molecular flexibility index (Phi) is 4.11. The van der Waals surface area contributed by atoms with Crippen LogP contribution in [-0.2, 0) is 0 Å². The van der Waals surface area contributed by atoms with Crippen molar-refractivity contribution in [3.05, 3.63) is 35.5 Å². The first kappa shape index (κ1) is 15.1. The molecule has 3 aliphatic rings. The lowest BCUT2D eigenvalue weighted by Gasteiger charge is -2.40. The van der Waals surface area contributed by atoms with Crippen molar-refractivity contribution in [2.24, 2.45) is 11.3 Å². The van der Waals surface area contributed by atoms with Crippen LogP contribution in [-0.4, -0.2) is 22.4 Å². The van der Waals surface area contributed by atoms with E-state index in [4.69, 9.17) is 0 Å². The van der Waals surface area contributed by atoms with Gasteiger partial charge in [-0.15, -0.1) is 0 Å². The number of allylic oxidation sites excluding steroid dienone is 4. The first-order valence-electron chi connectivity index (χ1n) is 8.44. The average molecular weight is 288 g/mol. The predicted molar refractivity (Wildman–Crippen MR) is 85.9 cm³/mol. The van der Waals surface area contributed by atoms with Crippen LogP contribution >= 0.6 is 0 Å². The van der Waals surface area contributed by atoms with Gasteiger partial charge in [0, 0.05) is 5.41 Å². The molecule has 116 valence electrons. The van der Waals surface area contributed by atoms with E-state index in [2.05, 4.69) is 25.7 Å². The van der Waals surface area contributed by atoms with Gasteiger partial charge < -0.3 is 10.2 Å². The Morgan fingerprint density at radius 2 is 1.95 bits per heavy atom. The van der Waals surface area contributed by atoms with Crippen molar-refractivity contribution >= 4 is 0 Å². The van der Waals surface area contributed by atoms with Crippen molar-refractivity contribution in [1.29, 1.82) is 0 Å². The molecule has 0 aromatic carbocycles. The van der Waals surface area contributed by atoms with Gasteiger partial charge in [0.2, 0.25) is 0 Å².